The Morgan fingerprint density at radius 2 is 1.61 bits per heavy atom. The van der Waals surface area contributed by atoms with Crippen molar-refractivity contribution >= 4 is 11.6 Å². The number of amides is 1. The van der Waals surface area contributed by atoms with E-state index in [0.717, 1.165) is 43.2 Å². The van der Waals surface area contributed by atoms with E-state index in [-0.39, 0.29) is 12.5 Å². The molecule has 0 bridgehead atoms. The van der Waals surface area contributed by atoms with Gasteiger partial charge in [-0.2, -0.15) is 5.26 Å². The zero-order valence-corrected chi connectivity index (χ0v) is 18.2. The summed E-state index contributed by atoms with van der Waals surface area (Å²) in [5.41, 5.74) is 1.59. The van der Waals surface area contributed by atoms with Crippen molar-refractivity contribution in [1.82, 2.24) is 9.80 Å². The fourth-order valence-electron chi connectivity index (χ4n) is 4.48. The van der Waals surface area contributed by atoms with E-state index in [9.17, 15) is 10.1 Å². The number of nitriles is 1. The molecule has 2 saturated heterocycles. The van der Waals surface area contributed by atoms with Gasteiger partial charge in [0, 0.05) is 39.3 Å². The van der Waals surface area contributed by atoms with Crippen LogP contribution in [0.15, 0.2) is 54.6 Å². The Labute approximate surface area is 184 Å². The largest absolute Gasteiger partial charge is 0.482 e. The molecule has 2 aliphatic heterocycles. The minimum Gasteiger partial charge on any atom is -0.482 e. The molecule has 2 aromatic carbocycles. The van der Waals surface area contributed by atoms with Gasteiger partial charge >= 0.3 is 0 Å². The van der Waals surface area contributed by atoms with Gasteiger partial charge in [0.05, 0.1) is 17.2 Å². The molecule has 6 nitrogen and oxygen atoms in total. The van der Waals surface area contributed by atoms with Crippen molar-refractivity contribution in [3.05, 3.63) is 60.2 Å². The van der Waals surface area contributed by atoms with E-state index in [4.69, 9.17) is 4.74 Å². The van der Waals surface area contributed by atoms with E-state index in [1.54, 1.807) is 0 Å². The molecule has 1 amide bonds. The number of rotatable bonds is 5. The van der Waals surface area contributed by atoms with Gasteiger partial charge in [0.1, 0.15) is 5.75 Å². The van der Waals surface area contributed by atoms with Crippen molar-refractivity contribution in [2.24, 2.45) is 0 Å². The molecule has 2 fully saturated rings. The Kier molecular flexibility index (Phi) is 6.43. The maximum atomic E-state index is 12.8. The average Bonchev–Trinajstić information content (AvgIpc) is 2.84. The molecule has 0 N–H and O–H groups in total. The monoisotopic (exact) mass is 418 g/mol. The van der Waals surface area contributed by atoms with Gasteiger partial charge in [-0.1, -0.05) is 42.5 Å². The summed E-state index contributed by atoms with van der Waals surface area (Å²) >= 11 is 0. The third-order valence-corrected chi connectivity index (χ3v) is 6.57. The van der Waals surface area contributed by atoms with Crippen molar-refractivity contribution in [3.8, 4) is 11.8 Å². The van der Waals surface area contributed by atoms with Gasteiger partial charge in [-0.25, -0.2) is 0 Å². The molecule has 0 aliphatic carbocycles. The number of ether oxygens (including phenoxy) is 1. The Morgan fingerprint density at radius 3 is 2.29 bits per heavy atom. The second-order valence-electron chi connectivity index (χ2n) is 8.49. The number of carbonyl (C=O) groups is 1. The predicted molar refractivity (Wildman–Crippen MR) is 121 cm³/mol. The van der Waals surface area contributed by atoms with Crippen LogP contribution in [0.1, 0.15) is 18.4 Å². The number of anilines is 1. The maximum Gasteiger partial charge on any atom is 0.260 e. The Bertz CT molecular complexity index is 924. The Balaban J connectivity index is 1.35. The first-order chi connectivity index (χ1) is 15.1. The lowest BCUT2D eigenvalue weighted by atomic mass is 9.74. The molecule has 2 aliphatic rings. The summed E-state index contributed by atoms with van der Waals surface area (Å²) in [5.74, 6) is 0.737. The van der Waals surface area contributed by atoms with Gasteiger partial charge in [0.2, 0.25) is 0 Å². The fourth-order valence-corrected chi connectivity index (χ4v) is 4.48. The first-order valence-corrected chi connectivity index (χ1v) is 11.0. The summed E-state index contributed by atoms with van der Waals surface area (Å²) < 4.78 is 5.98. The molecule has 31 heavy (non-hydrogen) atoms. The van der Waals surface area contributed by atoms with Crippen LogP contribution in [0.5, 0.6) is 5.75 Å². The second-order valence-corrected chi connectivity index (χ2v) is 8.49. The van der Waals surface area contributed by atoms with Crippen molar-refractivity contribution in [2.75, 3.05) is 57.8 Å². The molecule has 0 saturated carbocycles. The molecular formula is C25H30N4O2. The molecule has 2 aromatic rings. The van der Waals surface area contributed by atoms with Crippen LogP contribution in [0, 0.1) is 11.3 Å². The number of piperidine rings is 1. The molecule has 0 aromatic heterocycles. The van der Waals surface area contributed by atoms with Crippen LogP contribution >= 0.6 is 0 Å². The number of benzene rings is 2. The molecule has 6 heteroatoms. The van der Waals surface area contributed by atoms with Crippen LogP contribution in [0.25, 0.3) is 0 Å². The summed E-state index contributed by atoms with van der Waals surface area (Å²) in [6.45, 7) is 5.11. The van der Waals surface area contributed by atoms with Gasteiger partial charge < -0.3 is 19.4 Å². The first-order valence-electron chi connectivity index (χ1n) is 11.0. The number of piperazine rings is 1. The molecular weight excluding hydrogens is 388 g/mol. The second kappa shape index (κ2) is 9.40. The van der Waals surface area contributed by atoms with E-state index in [1.165, 1.54) is 0 Å². The standard InChI is InChI=1S/C25H30N4O2/c1-27-15-17-28(18-16-27)22-9-5-6-10-23(22)31-19-24(30)29-13-11-25(20-26,12-14-29)21-7-3-2-4-8-21/h2-10H,11-19H2,1H3. The van der Waals surface area contributed by atoms with Gasteiger partial charge in [0.25, 0.3) is 5.91 Å². The number of para-hydroxylation sites is 2. The number of likely N-dealkylation sites (N-methyl/N-ethyl adjacent to an activating group) is 1. The van der Waals surface area contributed by atoms with Gasteiger partial charge in [0.15, 0.2) is 6.61 Å². The topological polar surface area (TPSA) is 59.8 Å². The highest BCUT2D eigenvalue weighted by Crippen LogP contribution is 2.35. The molecule has 162 valence electrons. The van der Waals surface area contributed by atoms with Crippen LogP contribution in [-0.4, -0.2) is 68.6 Å². The fraction of sp³-hybridized carbons (Fsp3) is 0.440. The van der Waals surface area contributed by atoms with Crippen molar-refractivity contribution < 1.29 is 9.53 Å². The highest BCUT2D eigenvalue weighted by atomic mass is 16.5. The predicted octanol–water partition coefficient (Wildman–Crippen LogP) is 2.90. The quantitative estimate of drug-likeness (QED) is 0.747. The highest BCUT2D eigenvalue weighted by Gasteiger charge is 2.37. The van der Waals surface area contributed by atoms with Crippen LogP contribution < -0.4 is 9.64 Å². The third-order valence-electron chi connectivity index (χ3n) is 6.57. The van der Waals surface area contributed by atoms with Gasteiger partial charge in [-0.3, -0.25) is 4.79 Å². The summed E-state index contributed by atoms with van der Waals surface area (Å²) in [6.07, 6.45) is 1.30. The molecule has 0 atom stereocenters. The summed E-state index contributed by atoms with van der Waals surface area (Å²) in [6, 6.07) is 20.4. The number of carbonyl (C=O) groups excluding carboxylic acids is 1. The van der Waals surface area contributed by atoms with Crippen molar-refractivity contribution in [3.63, 3.8) is 0 Å². The lowest BCUT2D eigenvalue weighted by molar-refractivity contribution is -0.134. The molecule has 0 spiro atoms. The normalized spacial score (nSPS) is 19.0. The smallest absolute Gasteiger partial charge is 0.260 e. The van der Waals surface area contributed by atoms with E-state index in [0.29, 0.717) is 25.9 Å². The molecule has 0 radical (unpaired) electrons. The minimum absolute atomic E-state index is 0.0206. The maximum absolute atomic E-state index is 12.8. The summed E-state index contributed by atoms with van der Waals surface area (Å²) in [4.78, 5) is 19.3. The van der Waals surface area contributed by atoms with E-state index in [1.807, 2.05) is 53.4 Å². The van der Waals surface area contributed by atoms with E-state index >= 15 is 0 Å². The Hall–Kier alpha value is -3.04. The number of likely N-dealkylation sites (tertiary alicyclic amines) is 1. The van der Waals surface area contributed by atoms with Crippen LogP contribution in [0.2, 0.25) is 0 Å². The number of nitrogens with zero attached hydrogens (tertiary/aromatic N) is 4. The summed E-state index contributed by atoms with van der Waals surface area (Å²) in [7, 11) is 2.13. The van der Waals surface area contributed by atoms with Crippen molar-refractivity contribution in [1.29, 1.82) is 5.26 Å². The van der Waals surface area contributed by atoms with Gasteiger partial charge in [-0.05, 0) is 37.6 Å². The SMILES string of the molecule is CN1CCN(c2ccccc2OCC(=O)N2CCC(C#N)(c3ccccc3)CC2)CC1. The molecule has 2 heterocycles. The third kappa shape index (κ3) is 4.67. The van der Waals surface area contributed by atoms with Gasteiger partial charge in [-0.15, -0.1) is 0 Å². The zero-order chi connectivity index (χ0) is 21.7. The van der Waals surface area contributed by atoms with Crippen LogP contribution in [0.4, 0.5) is 5.69 Å². The molecule has 4 rings (SSSR count). The number of hydrogen-bond donors (Lipinski definition) is 0. The minimum atomic E-state index is -0.507. The first kappa shape index (κ1) is 21.2. The zero-order valence-electron chi connectivity index (χ0n) is 18.2. The lowest BCUT2D eigenvalue weighted by Gasteiger charge is -2.37. The van der Waals surface area contributed by atoms with E-state index in [2.05, 4.69) is 29.0 Å². The lowest BCUT2D eigenvalue weighted by Crippen LogP contribution is -2.46. The summed E-state index contributed by atoms with van der Waals surface area (Å²) in [5, 5.41) is 9.86. The van der Waals surface area contributed by atoms with Crippen molar-refractivity contribution in [2.45, 2.75) is 18.3 Å². The highest BCUT2D eigenvalue weighted by molar-refractivity contribution is 5.78. The Morgan fingerprint density at radius 1 is 0.968 bits per heavy atom. The number of hydrogen-bond acceptors (Lipinski definition) is 5. The van der Waals surface area contributed by atoms with Crippen LogP contribution in [0.3, 0.4) is 0 Å². The molecule has 0 unspecified atom stereocenters. The van der Waals surface area contributed by atoms with E-state index < -0.39 is 5.41 Å². The average molecular weight is 419 g/mol. The van der Waals surface area contributed by atoms with Crippen LogP contribution in [-0.2, 0) is 10.2 Å².